The Kier molecular flexibility index (Phi) is 4.49. The molecule has 0 spiro atoms. The summed E-state index contributed by atoms with van der Waals surface area (Å²) in [5.74, 6) is 0.984. The Morgan fingerprint density at radius 2 is 1.62 bits per heavy atom. The number of rotatable bonds is 0. The van der Waals surface area contributed by atoms with Crippen LogP contribution >= 0.6 is 0 Å². The fraction of sp³-hybridized carbons (Fsp3) is 0.667. The van der Waals surface area contributed by atoms with Gasteiger partial charge in [-0.2, -0.15) is 0 Å². The van der Waals surface area contributed by atoms with Crippen molar-refractivity contribution < 1.29 is 0 Å². The molecule has 3 N–H and O–H groups in total. The molecule has 13 heavy (non-hydrogen) atoms. The molecule has 0 radical (unpaired) electrons. The minimum Gasteiger partial charge on any atom is -0.346 e. The van der Waals surface area contributed by atoms with Gasteiger partial charge in [-0.15, -0.1) is 0 Å². The zero-order valence-corrected chi connectivity index (χ0v) is 8.35. The standard InChI is InChI=1S/C5H8N2.C4H10N2/c1-4-3-6-5(2)7-4;1-2-6-4-3-5-1/h3H,1-2H3,(H,6,7);5-6H,1-4H2. The second kappa shape index (κ2) is 5.72. The fourth-order valence-electron chi connectivity index (χ4n) is 1.15. The van der Waals surface area contributed by atoms with Gasteiger partial charge < -0.3 is 15.6 Å². The summed E-state index contributed by atoms with van der Waals surface area (Å²) in [7, 11) is 0. The number of piperazine rings is 1. The van der Waals surface area contributed by atoms with Crippen molar-refractivity contribution in [1.29, 1.82) is 0 Å². The quantitative estimate of drug-likeness (QED) is 0.537. The number of aromatic amines is 1. The van der Waals surface area contributed by atoms with Gasteiger partial charge in [0, 0.05) is 38.1 Å². The summed E-state index contributed by atoms with van der Waals surface area (Å²) in [4.78, 5) is 6.99. The number of H-pyrrole nitrogens is 1. The number of aryl methyl sites for hydroxylation is 2. The van der Waals surface area contributed by atoms with Crippen LogP contribution < -0.4 is 10.6 Å². The predicted molar refractivity (Wildman–Crippen MR) is 53.8 cm³/mol. The Hall–Kier alpha value is -0.870. The van der Waals surface area contributed by atoms with E-state index in [0.29, 0.717) is 0 Å². The van der Waals surface area contributed by atoms with Crippen LogP contribution in [0.4, 0.5) is 0 Å². The molecule has 0 unspecified atom stereocenters. The molecule has 1 aliphatic heterocycles. The van der Waals surface area contributed by atoms with Crippen molar-refractivity contribution in [2.24, 2.45) is 0 Å². The normalized spacial score (nSPS) is 16.2. The first-order valence-electron chi connectivity index (χ1n) is 4.68. The van der Waals surface area contributed by atoms with E-state index < -0.39 is 0 Å². The molecule has 0 amide bonds. The average molecular weight is 182 g/mol. The van der Waals surface area contributed by atoms with Crippen molar-refractivity contribution >= 4 is 0 Å². The molecule has 74 valence electrons. The van der Waals surface area contributed by atoms with E-state index in [0.717, 1.165) is 37.7 Å². The highest BCUT2D eigenvalue weighted by molar-refractivity contribution is 4.95. The highest BCUT2D eigenvalue weighted by Crippen LogP contribution is 1.89. The Balaban J connectivity index is 0.000000132. The number of nitrogens with zero attached hydrogens (tertiary/aromatic N) is 1. The van der Waals surface area contributed by atoms with Crippen molar-refractivity contribution in [2.75, 3.05) is 26.2 Å². The van der Waals surface area contributed by atoms with Crippen molar-refractivity contribution in [3.63, 3.8) is 0 Å². The van der Waals surface area contributed by atoms with E-state index in [2.05, 4.69) is 20.6 Å². The van der Waals surface area contributed by atoms with Gasteiger partial charge in [-0.05, 0) is 13.8 Å². The molecule has 1 aromatic rings. The van der Waals surface area contributed by atoms with Gasteiger partial charge in [0.05, 0.1) is 0 Å². The van der Waals surface area contributed by atoms with Crippen LogP contribution in [0.3, 0.4) is 0 Å². The second-order valence-corrected chi connectivity index (χ2v) is 3.15. The van der Waals surface area contributed by atoms with Gasteiger partial charge in [0.15, 0.2) is 0 Å². The molecule has 0 bridgehead atoms. The molecular weight excluding hydrogens is 164 g/mol. The van der Waals surface area contributed by atoms with Crippen molar-refractivity contribution in [2.45, 2.75) is 13.8 Å². The van der Waals surface area contributed by atoms with E-state index in [1.165, 1.54) is 0 Å². The van der Waals surface area contributed by atoms with Crippen LogP contribution in [0, 0.1) is 13.8 Å². The molecule has 1 saturated heterocycles. The van der Waals surface area contributed by atoms with Gasteiger partial charge in [-0.25, -0.2) is 4.98 Å². The third-order valence-electron chi connectivity index (χ3n) is 1.79. The first kappa shape index (κ1) is 10.2. The average Bonchev–Trinajstić information content (AvgIpc) is 2.54. The monoisotopic (exact) mass is 182 g/mol. The van der Waals surface area contributed by atoms with Crippen LogP contribution in [-0.2, 0) is 0 Å². The minimum absolute atomic E-state index is 0.984. The summed E-state index contributed by atoms with van der Waals surface area (Å²) in [6.07, 6.45) is 1.81. The van der Waals surface area contributed by atoms with E-state index >= 15 is 0 Å². The Morgan fingerprint density at radius 3 is 1.77 bits per heavy atom. The summed E-state index contributed by atoms with van der Waals surface area (Å²) in [6, 6.07) is 0. The van der Waals surface area contributed by atoms with E-state index in [4.69, 9.17) is 0 Å². The smallest absolute Gasteiger partial charge is 0.103 e. The lowest BCUT2D eigenvalue weighted by atomic mass is 10.4. The molecular formula is C9H18N4. The maximum Gasteiger partial charge on any atom is 0.103 e. The van der Waals surface area contributed by atoms with Crippen molar-refractivity contribution in [3.05, 3.63) is 17.7 Å². The fourth-order valence-corrected chi connectivity index (χ4v) is 1.15. The van der Waals surface area contributed by atoms with E-state index in [9.17, 15) is 0 Å². The molecule has 0 aliphatic carbocycles. The highest BCUT2D eigenvalue weighted by Gasteiger charge is 1.91. The van der Waals surface area contributed by atoms with Crippen molar-refractivity contribution in [3.8, 4) is 0 Å². The molecule has 1 fully saturated rings. The second-order valence-electron chi connectivity index (χ2n) is 3.15. The minimum atomic E-state index is 0.984. The number of nitrogens with one attached hydrogen (secondary N) is 3. The number of hydrogen-bond donors (Lipinski definition) is 3. The third-order valence-corrected chi connectivity index (χ3v) is 1.79. The lowest BCUT2D eigenvalue weighted by Crippen LogP contribution is -2.39. The van der Waals surface area contributed by atoms with Crippen molar-refractivity contribution in [1.82, 2.24) is 20.6 Å². The third kappa shape index (κ3) is 4.65. The lowest BCUT2D eigenvalue weighted by molar-refractivity contribution is 0.534. The molecule has 1 aromatic heterocycles. The van der Waals surface area contributed by atoms with Crippen LogP contribution in [0.25, 0.3) is 0 Å². The highest BCUT2D eigenvalue weighted by atomic mass is 15.0. The number of aromatic nitrogens is 2. The van der Waals surface area contributed by atoms with Crippen LogP contribution in [0.5, 0.6) is 0 Å². The zero-order valence-electron chi connectivity index (χ0n) is 8.35. The van der Waals surface area contributed by atoms with Gasteiger partial charge in [-0.1, -0.05) is 0 Å². The SMILES string of the molecule is C1CNCCN1.Cc1cnc(C)[nH]1. The summed E-state index contributed by atoms with van der Waals surface area (Å²) in [6.45, 7) is 8.48. The van der Waals surface area contributed by atoms with E-state index in [1.54, 1.807) is 0 Å². The Labute approximate surface area is 79.1 Å². The van der Waals surface area contributed by atoms with Crippen LogP contribution in [-0.4, -0.2) is 36.1 Å². The number of hydrogen-bond acceptors (Lipinski definition) is 3. The maximum absolute atomic E-state index is 3.96. The summed E-state index contributed by atoms with van der Waals surface area (Å²) < 4.78 is 0. The molecule has 2 heterocycles. The van der Waals surface area contributed by atoms with Crippen LogP contribution in [0.2, 0.25) is 0 Å². The maximum atomic E-state index is 3.96. The summed E-state index contributed by atoms with van der Waals surface area (Å²) in [5.41, 5.74) is 1.12. The Morgan fingerprint density at radius 1 is 1.08 bits per heavy atom. The van der Waals surface area contributed by atoms with Gasteiger partial charge in [0.2, 0.25) is 0 Å². The first-order valence-corrected chi connectivity index (χ1v) is 4.68. The van der Waals surface area contributed by atoms with Crippen LogP contribution in [0.15, 0.2) is 6.20 Å². The molecule has 4 heteroatoms. The van der Waals surface area contributed by atoms with Gasteiger partial charge in [0.1, 0.15) is 5.82 Å². The molecule has 4 nitrogen and oxygen atoms in total. The largest absolute Gasteiger partial charge is 0.346 e. The van der Waals surface area contributed by atoms with E-state index in [-0.39, 0.29) is 0 Å². The first-order chi connectivity index (χ1) is 6.29. The van der Waals surface area contributed by atoms with E-state index in [1.807, 2.05) is 20.0 Å². The lowest BCUT2D eigenvalue weighted by Gasteiger charge is -2.11. The summed E-state index contributed by atoms with van der Waals surface area (Å²) >= 11 is 0. The molecule has 2 rings (SSSR count). The molecule has 1 aliphatic rings. The number of imidazole rings is 1. The predicted octanol–water partition coefficient (Wildman–Crippen LogP) is 0.206. The molecule has 0 aromatic carbocycles. The molecule has 0 atom stereocenters. The van der Waals surface area contributed by atoms with Crippen LogP contribution in [0.1, 0.15) is 11.5 Å². The zero-order chi connectivity index (χ0) is 9.52. The van der Waals surface area contributed by atoms with Gasteiger partial charge in [-0.3, -0.25) is 0 Å². The molecule has 0 saturated carbocycles. The van der Waals surface area contributed by atoms with Gasteiger partial charge in [0.25, 0.3) is 0 Å². The van der Waals surface area contributed by atoms with Gasteiger partial charge >= 0.3 is 0 Å². The Bertz CT molecular complexity index is 199. The summed E-state index contributed by atoms with van der Waals surface area (Å²) in [5, 5.41) is 6.44. The topological polar surface area (TPSA) is 52.7 Å².